The summed E-state index contributed by atoms with van der Waals surface area (Å²) >= 11 is 1.47. The molecule has 1 aliphatic heterocycles. The molecule has 134 valence electrons. The van der Waals surface area contributed by atoms with Crippen LogP contribution in [0.25, 0.3) is 0 Å². The molecule has 2 aliphatic rings. The minimum absolute atomic E-state index is 0.0895. The van der Waals surface area contributed by atoms with Crippen molar-refractivity contribution < 1.29 is 19.2 Å². The van der Waals surface area contributed by atoms with Gasteiger partial charge in [-0.25, -0.2) is 0 Å². The van der Waals surface area contributed by atoms with Crippen molar-refractivity contribution in [3.05, 3.63) is 0 Å². The molecule has 2 unspecified atom stereocenters. The van der Waals surface area contributed by atoms with Crippen molar-refractivity contribution >= 4 is 35.3 Å². The van der Waals surface area contributed by atoms with Crippen LogP contribution in [0.15, 0.2) is 0 Å². The lowest BCUT2D eigenvalue weighted by Gasteiger charge is -2.28. The number of nitrogens with two attached hydrogens (primary N) is 1. The summed E-state index contributed by atoms with van der Waals surface area (Å²) in [5.41, 5.74) is 5.37. The molecule has 24 heavy (non-hydrogen) atoms. The van der Waals surface area contributed by atoms with E-state index in [0.29, 0.717) is 30.9 Å². The molecule has 2 fully saturated rings. The molecule has 3 N–H and O–H groups in total. The van der Waals surface area contributed by atoms with E-state index in [2.05, 4.69) is 5.32 Å². The molecule has 8 heteroatoms. The Hall–Kier alpha value is -1.57. The second kappa shape index (κ2) is 8.00. The van der Waals surface area contributed by atoms with Crippen LogP contribution in [-0.2, 0) is 19.2 Å². The zero-order chi connectivity index (χ0) is 17.9. The van der Waals surface area contributed by atoms with E-state index >= 15 is 0 Å². The van der Waals surface area contributed by atoms with Gasteiger partial charge in [-0.15, -0.1) is 11.8 Å². The SMILES string of the molecule is CC(C)C[C@H](NC(=O)C1CCC(=O)C1)C(=O)N1CSCC1C(N)=O. The maximum absolute atomic E-state index is 12.8. The smallest absolute Gasteiger partial charge is 0.246 e. The first-order valence-corrected chi connectivity index (χ1v) is 9.44. The van der Waals surface area contributed by atoms with Gasteiger partial charge in [0.05, 0.1) is 5.88 Å². The van der Waals surface area contributed by atoms with E-state index in [4.69, 9.17) is 5.73 Å². The predicted octanol–water partition coefficient (Wildman–Crippen LogP) is 0.273. The lowest BCUT2D eigenvalue weighted by atomic mass is 10.00. The van der Waals surface area contributed by atoms with Crippen LogP contribution in [0.1, 0.15) is 39.5 Å². The lowest BCUT2D eigenvalue weighted by molar-refractivity contribution is -0.141. The third-order valence-corrected chi connectivity index (χ3v) is 5.44. The standard InChI is InChI=1S/C16H25N3O4S/c1-9(2)5-12(18-15(22)10-3-4-11(20)6-10)16(23)19-8-24-7-13(19)14(17)21/h9-10,12-13H,3-8H2,1-2H3,(H2,17,21)(H,18,22)/t10?,12-,13?/m0/s1. The summed E-state index contributed by atoms with van der Waals surface area (Å²) in [6.07, 6.45) is 1.69. The Morgan fingerprint density at radius 2 is 2.08 bits per heavy atom. The van der Waals surface area contributed by atoms with Crippen LogP contribution < -0.4 is 11.1 Å². The van der Waals surface area contributed by atoms with Gasteiger partial charge in [-0.2, -0.15) is 0 Å². The summed E-state index contributed by atoms with van der Waals surface area (Å²) in [6, 6.07) is -1.31. The van der Waals surface area contributed by atoms with Gasteiger partial charge in [-0.05, 0) is 18.8 Å². The number of hydrogen-bond donors (Lipinski definition) is 2. The molecule has 3 amide bonds. The van der Waals surface area contributed by atoms with Crippen molar-refractivity contribution in [2.45, 2.75) is 51.6 Å². The van der Waals surface area contributed by atoms with Crippen molar-refractivity contribution in [1.82, 2.24) is 10.2 Å². The predicted molar refractivity (Wildman–Crippen MR) is 90.9 cm³/mol. The molecule has 1 saturated heterocycles. The van der Waals surface area contributed by atoms with Gasteiger partial charge in [0.15, 0.2) is 0 Å². The van der Waals surface area contributed by atoms with E-state index in [9.17, 15) is 19.2 Å². The third kappa shape index (κ3) is 4.49. The van der Waals surface area contributed by atoms with Crippen molar-refractivity contribution in [3.8, 4) is 0 Å². The molecule has 3 atom stereocenters. The Labute approximate surface area is 146 Å². The Morgan fingerprint density at radius 1 is 1.38 bits per heavy atom. The average molecular weight is 355 g/mol. The highest BCUT2D eigenvalue weighted by Crippen LogP contribution is 2.25. The summed E-state index contributed by atoms with van der Waals surface area (Å²) in [6.45, 7) is 3.94. The lowest BCUT2D eigenvalue weighted by Crippen LogP contribution is -2.54. The number of thioether (sulfide) groups is 1. The third-order valence-electron chi connectivity index (χ3n) is 4.43. The van der Waals surface area contributed by atoms with Crippen molar-refractivity contribution in [3.63, 3.8) is 0 Å². The fraction of sp³-hybridized carbons (Fsp3) is 0.750. The fourth-order valence-electron chi connectivity index (χ4n) is 3.12. The number of primary amides is 1. The van der Waals surface area contributed by atoms with Gasteiger partial charge in [-0.1, -0.05) is 13.8 Å². The van der Waals surface area contributed by atoms with Gasteiger partial charge < -0.3 is 16.0 Å². The molecule has 1 saturated carbocycles. The number of rotatable bonds is 6. The summed E-state index contributed by atoms with van der Waals surface area (Å²) in [5.74, 6) is -0.209. The molecule has 1 heterocycles. The number of nitrogens with one attached hydrogen (secondary N) is 1. The van der Waals surface area contributed by atoms with E-state index in [1.54, 1.807) is 0 Å². The largest absolute Gasteiger partial charge is 0.368 e. The molecule has 1 aliphatic carbocycles. The topological polar surface area (TPSA) is 110 Å². The van der Waals surface area contributed by atoms with E-state index in [0.717, 1.165) is 0 Å². The molecule has 2 rings (SSSR count). The average Bonchev–Trinajstić information content (AvgIpc) is 3.13. The molecule has 0 spiro atoms. The van der Waals surface area contributed by atoms with E-state index in [-0.39, 0.29) is 35.9 Å². The van der Waals surface area contributed by atoms with Crippen molar-refractivity contribution in [2.75, 3.05) is 11.6 Å². The highest BCUT2D eigenvalue weighted by atomic mass is 32.2. The zero-order valence-electron chi connectivity index (χ0n) is 14.1. The molecule has 0 bridgehead atoms. The van der Waals surface area contributed by atoms with Gasteiger partial charge in [0.2, 0.25) is 17.7 Å². The van der Waals surface area contributed by atoms with Gasteiger partial charge in [-0.3, -0.25) is 19.2 Å². The quantitative estimate of drug-likeness (QED) is 0.711. The number of nitrogens with zero attached hydrogens (tertiary/aromatic N) is 1. The Bertz CT molecular complexity index is 537. The first kappa shape index (κ1) is 18.8. The summed E-state index contributed by atoms with van der Waals surface area (Å²) in [7, 11) is 0. The molecule has 0 aromatic carbocycles. The maximum atomic E-state index is 12.8. The normalized spacial score (nSPS) is 25.1. The second-order valence-electron chi connectivity index (χ2n) is 6.90. The van der Waals surface area contributed by atoms with Crippen molar-refractivity contribution in [2.24, 2.45) is 17.6 Å². The number of carbonyl (C=O) groups is 4. The van der Waals surface area contributed by atoms with Crippen LogP contribution in [0.4, 0.5) is 0 Å². The van der Waals surface area contributed by atoms with Gasteiger partial charge in [0.1, 0.15) is 17.9 Å². The summed E-state index contributed by atoms with van der Waals surface area (Å²) in [4.78, 5) is 49.6. The Morgan fingerprint density at radius 3 is 2.62 bits per heavy atom. The molecule has 7 nitrogen and oxygen atoms in total. The molecular weight excluding hydrogens is 330 g/mol. The minimum Gasteiger partial charge on any atom is -0.368 e. The van der Waals surface area contributed by atoms with Crippen LogP contribution in [-0.4, -0.2) is 52.1 Å². The fourth-order valence-corrected chi connectivity index (χ4v) is 4.29. The Kier molecular flexibility index (Phi) is 6.26. The van der Waals surface area contributed by atoms with Crippen LogP contribution in [0.2, 0.25) is 0 Å². The number of Topliss-reactive ketones (excluding diaryl/α,β-unsaturated/α-hetero) is 1. The number of hydrogen-bond acceptors (Lipinski definition) is 5. The number of amides is 3. The Balaban J connectivity index is 2.06. The monoisotopic (exact) mass is 355 g/mol. The van der Waals surface area contributed by atoms with Gasteiger partial charge >= 0.3 is 0 Å². The molecule has 0 aromatic rings. The van der Waals surface area contributed by atoms with E-state index in [1.165, 1.54) is 16.7 Å². The van der Waals surface area contributed by atoms with Crippen LogP contribution in [0, 0.1) is 11.8 Å². The van der Waals surface area contributed by atoms with Crippen LogP contribution >= 0.6 is 11.8 Å². The van der Waals surface area contributed by atoms with Crippen molar-refractivity contribution in [1.29, 1.82) is 0 Å². The summed E-state index contributed by atoms with van der Waals surface area (Å²) < 4.78 is 0. The second-order valence-corrected chi connectivity index (χ2v) is 7.89. The molecule has 0 radical (unpaired) electrons. The summed E-state index contributed by atoms with van der Waals surface area (Å²) in [5, 5.41) is 2.80. The number of ketones is 1. The first-order valence-electron chi connectivity index (χ1n) is 8.29. The number of carbonyl (C=O) groups excluding carboxylic acids is 4. The molecule has 0 aromatic heterocycles. The van der Waals surface area contributed by atoms with E-state index < -0.39 is 18.0 Å². The van der Waals surface area contributed by atoms with Crippen LogP contribution in [0.5, 0.6) is 0 Å². The minimum atomic E-state index is -0.686. The molecular formula is C16H25N3O4S. The first-order chi connectivity index (χ1) is 11.3. The zero-order valence-corrected chi connectivity index (χ0v) is 14.9. The van der Waals surface area contributed by atoms with E-state index in [1.807, 2.05) is 13.8 Å². The van der Waals surface area contributed by atoms with Gasteiger partial charge in [0, 0.05) is 24.5 Å². The van der Waals surface area contributed by atoms with Gasteiger partial charge in [0.25, 0.3) is 0 Å². The highest BCUT2D eigenvalue weighted by molar-refractivity contribution is 7.99. The highest BCUT2D eigenvalue weighted by Gasteiger charge is 2.38. The van der Waals surface area contributed by atoms with Crippen LogP contribution in [0.3, 0.4) is 0 Å². The maximum Gasteiger partial charge on any atom is 0.246 e.